The average Bonchev–Trinajstić information content (AvgIpc) is 2.86. The molecule has 6 heteroatoms. The first-order chi connectivity index (χ1) is 9.15. The number of aromatic nitrogens is 2. The Kier molecular flexibility index (Phi) is 4.34. The van der Waals surface area contributed by atoms with E-state index in [1.54, 1.807) is 11.3 Å². The molecule has 0 saturated heterocycles. The minimum Gasteiger partial charge on any atom is -0.365 e. The molecule has 4 N–H and O–H groups in total. The van der Waals surface area contributed by atoms with Crippen molar-refractivity contribution in [3.63, 3.8) is 0 Å². The van der Waals surface area contributed by atoms with E-state index in [9.17, 15) is 0 Å². The zero-order valence-corrected chi connectivity index (χ0v) is 12.3. The number of anilines is 2. The van der Waals surface area contributed by atoms with E-state index in [0.29, 0.717) is 11.6 Å². The molecule has 102 valence electrons. The molecule has 0 spiro atoms. The Balaban J connectivity index is 2.18. The fourth-order valence-electron chi connectivity index (χ4n) is 1.94. The largest absolute Gasteiger partial charge is 0.365 e. The maximum atomic E-state index is 5.46. The molecule has 5 nitrogen and oxygen atoms in total. The predicted octanol–water partition coefficient (Wildman–Crippen LogP) is 2.62. The summed E-state index contributed by atoms with van der Waals surface area (Å²) in [5, 5.41) is 5.50. The molecule has 2 aromatic heterocycles. The third-order valence-electron chi connectivity index (χ3n) is 3.03. The van der Waals surface area contributed by atoms with E-state index >= 15 is 0 Å². The van der Waals surface area contributed by atoms with Gasteiger partial charge >= 0.3 is 0 Å². The number of hydrazine groups is 1. The van der Waals surface area contributed by atoms with E-state index in [-0.39, 0.29) is 0 Å². The topological polar surface area (TPSA) is 75.9 Å². The van der Waals surface area contributed by atoms with Crippen LogP contribution in [0.15, 0.2) is 11.4 Å². The maximum Gasteiger partial charge on any atom is 0.148 e. The third-order valence-corrected chi connectivity index (χ3v) is 3.99. The molecule has 0 amide bonds. The van der Waals surface area contributed by atoms with Crippen LogP contribution in [-0.2, 0) is 13.0 Å². The summed E-state index contributed by atoms with van der Waals surface area (Å²) in [6.45, 7) is 6.75. The normalized spacial score (nSPS) is 10.5. The second-order valence-electron chi connectivity index (χ2n) is 4.31. The first kappa shape index (κ1) is 13.8. The fourth-order valence-corrected chi connectivity index (χ4v) is 2.86. The van der Waals surface area contributed by atoms with Gasteiger partial charge in [-0.05, 0) is 37.3 Å². The Bertz CT molecular complexity index is 564. The molecule has 0 fully saturated rings. The van der Waals surface area contributed by atoms with Crippen molar-refractivity contribution in [3.8, 4) is 0 Å². The van der Waals surface area contributed by atoms with Gasteiger partial charge in [0.1, 0.15) is 17.5 Å². The molecule has 0 bridgehead atoms. The highest BCUT2D eigenvalue weighted by Crippen LogP contribution is 2.22. The quantitative estimate of drug-likeness (QED) is 0.578. The third kappa shape index (κ3) is 3.02. The van der Waals surface area contributed by atoms with Gasteiger partial charge in [-0.3, -0.25) is 0 Å². The highest BCUT2D eigenvalue weighted by molar-refractivity contribution is 7.10. The van der Waals surface area contributed by atoms with E-state index in [2.05, 4.69) is 39.1 Å². The van der Waals surface area contributed by atoms with Crippen LogP contribution in [0.5, 0.6) is 0 Å². The van der Waals surface area contributed by atoms with Crippen LogP contribution < -0.4 is 16.6 Å². The molecule has 0 radical (unpaired) electrons. The molecule has 0 aliphatic carbocycles. The van der Waals surface area contributed by atoms with Gasteiger partial charge in [0, 0.05) is 10.4 Å². The van der Waals surface area contributed by atoms with Crippen LogP contribution in [0.3, 0.4) is 0 Å². The number of hydrogen-bond acceptors (Lipinski definition) is 6. The fraction of sp³-hybridized carbons (Fsp3) is 0.385. The molecule has 0 aliphatic heterocycles. The molecule has 19 heavy (non-hydrogen) atoms. The van der Waals surface area contributed by atoms with Crippen molar-refractivity contribution >= 4 is 23.0 Å². The first-order valence-electron chi connectivity index (χ1n) is 6.26. The van der Waals surface area contributed by atoms with E-state index in [1.807, 2.05) is 13.8 Å². The lowest BCUT2D eigenvalue weighted by Gasteiger charge is -2.12. The van der Waals surface area contributed by atoms with Gasteiger partial charge in [0.2, 0.25) is 0 Å². The Morgan fingerprint density at radius 3 is 2.68 bits per heavy atom. The summed E-state index contributed by atoms with van der Waals surface area (Å²) in [5.74, 6) is 7.65. The Morgan fingerprint density at radius 1 is 1.26 bits per heavy atom. The zero-order valence-electron chi connectivity index (χ0n) is 11.4. The van der Waals surface area contributed by atoms with E-state index in [1.165, 1.54) is 10.4 Å². The summed E-state index contributed by atoms with van der Waals surface area (Å²) in [7, 11) is 0. The van der Waals surface area contributed by atoms with Crippen molar-refractivity contribution < 1.29 is 0 Å². The molecule has 0 unspecified atom stereocenters. The minimum atomic E-state index is 0.664. The van der Waals surface area contributed by atoms with Crippen LogP contribution in [0.2, 0.25) is 0 Å². The Morgan fingerprint density at radius 2 is 2.00 bits per heavy atom. The van der Waals surface area contributed by atoms with Gasteiger partial charge in [-0.2, -0.15) is 0 Å². The number of rotatable bonds is 5. The van der Waals surface area contributed by atoms with Crippen molar-refractivity contribution in [1.29, 1.82) is 0 Å². The lowest BCUT2D eigenvalue weighted by Crippen LogP contribution is -2.14. The van der Waals surface area contributed by atoms with Gasteiger partial charge < -0.3 is 10.7 Å². The number of nitrogen functional groups attached to an aromatic ring is 1. The van der Waals surface area contributed by atoms with Gasteiger partial charge in [-0.15, -0.1) is 11.3 Å². The van der Waals surface area contributed by atoms with Crippen molar-refractivity contribution in [1.82, 2.24) is 9.97 Å². The predicted molar refractivity (Wildman–Crippen MR) is 80.3 cm³/mol. The standard InChI is InChI=1S/C13H19N5S/c1-4-10-5-6-19-11(10)7-15-12-8(2)13(18-14)17-9(3)16-12/h5-6H,4,7,14H2,1-3H3,(H2,15,16,17,18). The molecular weight excluding hydrogens is 258 g/mol. The Labute approximate surface area is 117 Å². The summed E-state index contributed by atoms with van der Waals surface area (Å²) in [6, 6.07) is 2.17. The molecule has 0 saturated carbocycles. The van der Waals surface area contributed by atoms with Gasteiger partial charge in [0.05, 0.1) is 6.54 Å². The monoisotopic (exact) mass is 277 g/mol. The second-order valence-corrected chi connectivity index (χ2v) is 5.31. The number of nitrogens with zero attached hydrogens (tertiary/aromatic N) is 2. The van der Waals surface area contributed by atoms with Gasteiger partial charge in [-0.25, -0.2) is 15.8 Å². The number of nitrogens with two attached hydrogens (primary N) is 1. The number of aryl methyl sites for hydroxylation is 2. The summed E-state index contributed by atoms with van der Waals surface area (Å²) in [5.41, 5.74) is 4.92. The summed E-state index contributed by atoms with van der Waals surface area (Å²) in [4.78, 5) is 10.0. The highest BCUT2D eigenvalue weighted by Gasteiger charge is 2.09. The first-order valence-corrected chi connectivity index (χ1v) is 7.14. The number of thiophene rings is 1. The molecule has 2 heterocycles. The lowest BCUT2D eigenvalue weighted by molar-refractivity contribution is 0.995. The lowest BCUT2D eigenvalue weighted by atomic mass is 10.2. The Hall–Kier alpha value is -1.66. The van der Waals surface area contributed by atoms with Crippen molar-refractivity contribution in [2.24, 2.45) is 5.84 Å². The molecular formula is C13H19N5S. The van der Waals surface area contributed by atoms with Crippen LogP contribution in [0, 0.1) is 13.8 Å². The minimum absolute atomic E-state index is 0.664. The van der Waals surface area contributed by atoms with Crippen LogP contribution in [0.4, 0.5) is 11.6 Å². The highest BCUT2D eigenvalue weighted by atomic mass is 32.1. The number of hydrogen-bond donors (Lipinski definition) is 3. The SMILES string of the molecule is CCc1ccsc1CNc1nc(C)nc(NN)c1C. The van der Waals surface area contributed by atoms with Crippen LogP contribution >= 0.6 is 11.3 Å². The van der Waals surface area contributed by atoms with E-state index < -0.39 is 0 Å². The van der Waals surface area contributed by atoms with Crippen molar-refractivity contribution in [2.75, 3.05) is 10.7 Å². The molecule has 0 aromatic carbocycles. The van der Waals surface area contributed by atoms with Crippen molar-refractivity contribution in [2.45, 2.75) is 33.7 Å². The van der Waals surface area contributed by atoms with Crippen molar-refractivity contribution in [3.05, 3.63) is 33.3 Å². The van der Waals surface area contributed by atoms with Gasteiger partial charge in [0.15, 0.2) is 0 Å². The molecule has 0 atom stereocenters. The van der Waals surface area contributed by atoms with Gasteiger partial charge in [0.25, 0.3) is 0 Å². The van der Waals surface area contributed by atoms with Crippen LogP contribution in [-0.4, -0.2) is 9.97 Å². The number of nitrogens with one attached hydrogen (secondary N) is 2. The maximum absolute atomic E-state index is 5.46. The summed E-state index contributed by atoms with van der Waals surface area (Å²) in [6.07, 6.45) is 1.05. The van der Waals surface area contributed by atoms with E-state index in [0.717, 1.165) is 24.3 Å². The smallest absolute Gasteiger partial charge is 0.148 e. The molecule has 0 aliphatic rings. The summed E-state index contributed by atoms with van der Waals surface area (Å²) >= 11 is 1.77. The second kappa shape index (κ2) is 5.99. The zero-order chi connectivity index (χ0) is 13.8. The van der Waals surface area contributed by atoms with E-state index in [4.69, 9.17) is 5.84 Å². The molecule has 2 rings (SSSR count). The van der Waals surface area contributed by atoms with Crippen LogP contribution in [0.25, 0.3) is 0 Å². The molecule has 2 aromatic rings. The van der Waals surface area contributed by atoms with Gasteiger partial charge in [-0.1, -0.05) is 6.92 Å². The van der Waals surface area contributed by atoms with Crippen LogP contribution in [0.1, 0.15) is 28.8 Å². The summed E-state index contributed by atoms with van der Waals surface area (Å²) < 4.78 is 0. The average molecular weight is 277 g/mol.